The summed E-state index contributed by atoms with van der Waals surface area (Å²) in [5, 5.41) is 0. The lowest BCUT2D eigenvalue weighted by atomic mass is 9.62. The molecular weight excluding hydrogens is 120 g/mol. The van der Waals surface area contributed by atoms with Gasteiger partial charge in [0.2, 0.25) is 0 Å². The monoisotopic (exact) mass is 138 g/mol. The fourth-order valence-corrected chi connectivity index (χ4v) is 1.60. The summed E-state index contributed by atoms with van der Waals surface area (Å²) in [5.41, 5.74) is 2.06. The van der Waals surface area contributed by atoms with Crippen LogP contribution in [0.3, 0.4) is 0 Å². The van der Waals surface area contributed by atoms with Crippen molar-refractivity contribution in [2.75, 3.05) is 0 Å². The molecule has 1 aliphatic rings. The van der Waals surface area contributed by atoms with Gasteiger partial charge in [0, 0.05) is 0 Å². The number of allylic oxidation sites excluding steroid dienone is 2. The summed E-state index contributed by atoms with van der Waals surface area (Å²) >= 11 is 0. The van der Waals surface area contributed by atoms with Crippen LogP contribution < -0.4 is 0 Å². The molecular formula is C10H18. The van der Waals surface area contributed by atoms with Crippen LogP contribution in [0.1, 0.15) is 40.5 Å². The minimum atomic E-state index is 0.595. The van der Waals surface area contributed by atoms with Gasteiger partial charge in [-0.05, 0) is 38.0 Å². The van der Waals surface area contributed by atoms with Gasteiger partial charge in [-0.15, -0.1) is 0 Å². The van der Waals surface area contributed by atoms with Crippen molar-refractivity contribution in [3.8, 4) is 0 Å². The molecule has 0 aromatic rings. The molecule has 0 N–H and O–H groups in total. The molecule has 1 fully saturated rings. The molecule has 1 rings (SSSR count). The van der Waals surface area contributed by atoms with Crippen molar-refractivity contribution < 1.29 is 0 Å². The molecule has 0 saturated heterocycles. The van der Waals surface area contributed by atoms with Crippen LogP contribution in [0.5, 0.6) is 0 Å². The Kier molecular flexibility index (Phi) is 1.89. The van der Waals surface area contributed by atoms with Crippen LogP contribution >= 0.6 is 0 Å². The van der Waals surface area contributed by atoms with E-state index in [-0.39, 0.29) is 0 Å². The molecule has 0 aromatic heterocycles. The summed E-state index contributed by atoms with van der Waals surface area (Å²) in [7, 11) is 0. The highest BCUT2D eigenvalue weighted by molar-refractivity contribution is 5.06. The Morgan fingerprint density at radius 3 is 2.10 bits per heavy atom. The zero-order valence-electron chi connectivity index (χ0n) is 7.57. The van der Waals surface area contributed by atoms with Crippen molar-refractivity contribution in [1.82, 2.24) is 0 Å². The predicted molar refractivity (Wildman–Crippen MR) is 45.9 cm³/mol. The minimum absolute atomic E-state index is 0.595. The number of hydrogen-bond donors (Lipinski definition) is 0. The number of rotatable bonds is 1. The Morgan fingerprint density at radius 1 is 1.40 bits per heavy atom. The van der Waals surface area contributed by atoms with Crippen molar-refractivity contribution in [2.45, 2.75) is 40.5 Å². The molecule has 0 bridgehead atoms. The maximum Gasteiger partial charge on any atom is -0.0179 e. The Morgan fingerprint density at radius 2 is 2.00 bits per heavy atom. The fraction of sp³-hybridized carbons (Fsp3) is 0.800. The first-order valence-corrected chi connectivity index (χ1v) is 4.17. The second kappa shape index (κ2) is 2.41. The van der Waals surface area contributed by atoms with Crippen LogP contribution in [0.25, 0.3) is 0 Å². The maximum atomic E-state index is 2.42. The van der Waals surface area contributed by atoms with Crippen molar-refractivity contribution in [3.05, 3.63) is 11.6 Å². The molecule has 1 unspecified atom stereocenters. The van der Waals surface area contributed by atoms with E-state index in [1.54, 1.807) is 0 Å². The van der Waals surface area contributed by atoms with Gasteiger partial charge in [-0.3, -0.25) is 0 Å². The van der Waals surface area contributed by atoms with Gasteiger partial charge in [-0.2, -0.15) is 0 Å². The molecule has 0 radical (unpaired) electrons. The largest absolute Gasteiger partial charge is 0.0822 e. The van der Waals surface area contributed by atoms with E-state index in [0.29, 0.717) is 5.41 Å². The van der Waals surface area contributed by atoms with Crippen LogP contribution in [0.4, 0.5) is 0 Å². The fourth-order valence-electron chi connectivity index (χ4n) is 1.60. The molecule has 1 aliphatic carbocycles. The summed E-state index contributed by atoms with van der Waals surface area (Å²) < 4.78 is 0. The molecule has 1 saturated carbocycles. The van der Waals surface area contributed by atoms with E-state index in [4.69, 9.17) is 0 Å². The van der Waals surface area contributed by atoms with Gasteiger partial charge in [-0.25, -0.2) is 0 Å². The lowest BCUT2D eigenvalue weighted by molar-refractivity contribution is 0.113. The molecule has 0 amide bonds. The Bertz CT molecular complexity index is 147. The smallest absolute Gasteiger partial charge is 0.0179 e. The maximum absolute atomic E-state index is 2.42. The van der Waals surface area contributed by atoms with Crippen molar-refractivity contribution in [3.63, 3.8) is 0 Å². The van der Waals surface area contributed by atoms with Crippen LogP contribution in [0.2, 0.25) is 0 Å². The second-order valence-electron chi connectivity index (χ2n) is 4.38. The van der Waals surface area contributed by atoms with E-state index < -0.39 is 0 Å². The lowest BCUT2D eigenvalue weighted by Crippen LogP contribution is -2.33. The third-order valence-electron chi connectivity index (χ3n) is 2.64. The summed E-state index contributed by atoms with van der Waals surface area (Å²) in [6, 6.07) is 0. The van der Waals surface area contributed by atoms with Gasteiger partial charge in [0.25, 0.3) is 0 Å². The lowest BCUT2D eigenvalue weighted by Gasteiger charge is -2.43. The van der Waals surface area contributed by atoms with E-state index >= 15 is 0 Å². The summed E-state index contributed by atoms with van der Waals surface area (Å²) in [6.45, 7) is 9.10. The topological polar surface area (TPSA) is 0 Å². The van der Waals surface area contributed by atoms with Gasteiger partial charge in [-0.1, -0.05) is 25.5 Å². The van der Waals surface area contributed by atoms with Gasteiger partial charge in [0.1, 0.15) is 0 Å². The molecule has 10 heavy (non-hydrogen) atoms. The summed E-state index contributed by atoms with van der Waals surface area (Å²) in [6.07, 6.45) is 5.23. The molecule has 0 heteroatoms. The Balaban J connectivity index is 2.53. The van der Waals surface area contributed by atoms with Crippen LogP contribution in [0.15, 0.2) is 11.6 Å². The molecule has 0 spiro atoms. The zero-order valence-corrected chi connectivity index (χ0v) is 7.57. The predicted octanol–water partition coefficient (Wildman–Crippen LogP) is 3.39. The quantitative estimate of drug-likeness (QED) is 0.487. The van der Waals surface area contributed by atoms with Crippen LogP contribution in [0, 0.1) is 11.3 Å². The Hall–Kier alpha value is -0.260. The standard InChI is InChI=1S/C10H18/c1-8(2)7-9-5-6-10(9,3)4/h7,9H,5-6H2,1-4H3. The van der Waals surface area contributed by atoms with E-state index in [2.05, 4.69) is 33.8 Å². The average molecular weight is 138 g/mol. The van der Waals surface area contributed by atoms with Crippen molar-refractivity contribution in [1.29, 1.82) is 0 Å². The molecule has 0 aromatic carbocycles. The van der Waals surface area contributed by atoms with Gasteiger partial charge in [0.15, 0.2) is 0 Å². The zero-order chi connectivity index (χ0) is 7.78. The summed E-state index contributed by atoms with van der Waals surface area (Å²) in [4.78, 5) is 0. The Labute approximate surface area is 64.3 Å². The third-order valence-corrected chi connectivity index (χ3v) is 2.64. The minimum Gasteiger partial charge on any atom is -0.0822 e. The first-order valence-electron chi connectivity index (χ1n) is 4.17. The van der Waals surface area contributed by atoms with Gasteiger partial charge in [0.05, 0.1) is 0 Å². The highest BCUT2D eigenvalue weighted by Crippen LogP contribution is 2.46. The first-order chi connectivity index (χ1) is 4.52. The molecule has 0 heterocycles. The highest BCUT2D eigenvalue weighted by Gasteiger charge is 2.36. The molecule has 58 valence electrons. The normalized spacial score (nSPS) is 29.0. The first kappa shape index (κ1) is 7.84. The van der Waals surface area contributed by atoms with Crippen LogP contribution in [-0.4, -0.2) is 0 Å². The van der Waals surface area contributed by atoms with E-state index in [9.17, 15) is 0 Å². The summed E-state index contributed by atoms with van der Waals surface area (Å²) in [5.74, 6) is 0.859. The second-order valence-corrected chi connectivity index (χ2v) is 4.38. The van der Waals surface area contributed by atoms with E-state index in [1.165, 1.54) is 18.4 Å². The molecule has 1 atom stereocenters. The van der Waals surface area contributed by atoms with E-state index in [1.807, 2.05) is 0 Å². The van der Waals surface area contributed by atoms with Crippen molar-refractivity contribution in [2.24, 2.45) is 11.3 Å². The van der Waals surface area contributed by atoms with Gasteiger partial charge < -0.3 is 0 Å². The average Bonchev–Trinajstić information content (AvgIpc) is 1.81. The van der Waals surface area contributed by atoms with Crippen molar-refractivity contribution >= 4 is 0 Å². The van der Waals surface area contributed by atoms with Crippen LogP contribution in [-0.2, 0) is 0 Å². The third kappa shape index (κ3) is 1.42. The number of hydrogen-bond acceptors (Lipinski definition) is 0. The highest BCUT2D eigenvalue weighted by atomic mass is 14.4. The van der Waals surface area contributed by atoms with E-state index in [0.717, 1.165) is 5.92 Å². The SMILES string of the molecule is CC(C)=CC1CCC1(C)C. The molecule has 0 nitrogen and oxygen atoms in total. The van der Waals surface area contributed by atoms with Gasteiger partial charge >= 0.3 is 0 Å². The molecule has 0 aliphatic heterocycles.